The van der Waals surface area contributed by atoms with E-state index in [-0.39, 0.29) is 12.5 Å². The topological polar surface area (TPSA) is 90.5 Å². The van der Waals surface area contributed by atoms with E-state index in [1.807, 2.05) is 24.3 Å². The van der Waals surface area contributed by atoms with Crippen molar-refractivity contribution in [3.8, 4) is 5.75 Å². The maximum atomic E-state index is 12.6. The van der Waals surface area contributed by atoms with Crippen LogP contribution in [0.1, 0.15) is 29.3 Å². The fourth-order valence-corrected chi connectivity index (χ4v) is 5.52. The first-order chi connectivity index (χ1) is 15.0. The number of fused-ring (bicyclic) bond motifs is 5. The first-order valence-electron chi connectivity index (χ1n) is 10.3. The van der Waals surface area contributed by atoms with Crippen molar-refractivity contribution in [2.45, 2.75) is 39.3 Å². The third-order valence-corrected chi connectivity index (χ3v) is 6.98. The third-order valence-electron chi connectivity index (χ3n) is 5.82. The summed E-state index contributed by atoms with van der Waals surface area (Å²) >= 11 is 1.69. The van der Waals surface area contributed by atoms with Crippen molar-refractivity contribution in [3.05, 3.63) is 57.1 Å². The molecule has 1 atom stereocenters. The lowest BCUT2D eigenvalue weighted by molar-refractivity contribution is -0.122. The SMILES string of the molecule is COc1cccc(CNC(=O)Cn2c(=O)nc3c4c5c(sc4ncn32)C[C@H](C)CC5)c1. The summed E-state index contributed by atoms with van der Waals surface area (Å²) in [7, 11) is 1.60. The summed E-state index contributed by atoms with van der Waals surface area (Å²) in [6, 6.07) is 7.49. The summed E-state index contributed by atoms with van der Waals surface area (Å²) in [6.07, 6.45) is 4.73. The van der Waals surface area contributed by atoms with Gasteiger partial charge >= 0.3 is 5.69 Å². The van der Waals surface area contributed by atoms with Gasteiger partial charge in [0.15, 0.2) is 5.65 Å². The van der Waals surface area contributed by atoms with Gasteiger partial charge in [-0.2, -0.15) is 4.98 Å². The molecule has 3 heterocycles. The number of carbonyl (C=O) groups excluding carboxylic acids is 1. The number of nitrogens with one attached hydrogen (secondary N) is 1. The van der Waals surface area contributed by atoms with Crippen LogP contribution in [0.2, 0.25) is 0 Å². The second kappa shape index (κ2) is 7.81. The van der Waals surface area contributed by atoms with Gasteiger partial charge in [0, 0.05) is 11.4 Å². The molecule has 8 nitrogen and oxygen atoms in total. The summed E-state index contributed by atoms with van der Waals surface area (Å²) in [6.45, 7) is 2.49. The molecule has 0 saturated heterocycles. The fourth-order valence-electron chi connectivity index (χ4n) is 4.18. The molecular formula is C22H23N5O3S. The largest absolute Gasteiger partial charge is 0.497 e. The molecule has 0 bridgehead atoms. The van der Waals surface area contributed by atoms with Crippen LogP contribution in [0.25, 0.3) is 15.9 Å². The third kappa shape index (κ3) is 3.59. The zero-order valence-corrected chi connectivity index (χ0v) is 18.2. The van der Waals surface area contributed by atoms with Crippen LogP contribution in [0.3, 0.4) is 0 Å². The minimum atomic E-state index is -0.449. The fraction of sp³-hybridized carbons (Fsp3) is 0.364. The van der Waals surface area contributed by atoms with E-state index < -0.39 is 5.69 Å². The van der Waals surface area contributed by atoms with Gasteiger partial charge in [0.1, 0.15) is 23.5 Å². The van der Waals surface area contributed by atoms with Gasteiger partial charge in [-0.1, -0.05) is 19.1 Å². The highest BCUT2D eigenvalue weighted by Gasteiger charge is 2.24. The average molecular weight is 438 g/mol. The normalized spacial score (nSPS) is 15.9. The number of ether oxygens (including phenoxy) is 1. The maximum Gasteiger partial charge on any atom is 0.365 e. The number of aromatic nitrogens is 4. The van der Waals surface area contributed by atoms with Crippen LogP contribution in [0.15, 0.2) is 35.4 Å². The molecule has 160 valence electrons. The van der Waals surface area contributed by atoms with E-state index >= 15 is 0 Å². The monoisotopic (exact) mass is 437 g/mol. The second-order valence-electron chi connectivity index (χ2n) is 8.02. The van der Waals surface area contributed by atoms with Crippen LogP contribution in [-0.2, 0) is 30.7 Å². The quantitative estimate of drug-likeness (QED) is 0.518. The number of amides is 1. The highest BCUT2D eigenvalue weighted by atomic mass is 32.1. The molecule has 0 saturated carbocycles. The van der Waals surface area contributed by atoms with Gasteiger partial charge in [0.05, 0.1) is 12.5 Å². The Bertz CT molecular complexity index is 1350. The summed E-state index contributed by atoms with van der Waals surface area (Å²) in [5.41, 5.74) is 2.31. The van der Waals surface area contributed by atoms with Gasteiger partial charge in [-0.15, -0.1) is 11.3 Å². The van der Waals surface area contributed by atoms with E-state index in [4.69, 9.17) is 4.74 Å². The number of aryl methyl sites for hydroxylation is 1. The van der Waals surface area contributed by atoms with Gasteiger partial charge in [-0.25, -0.2) is 19.0 Å². The van der Waals surface area contributed by atoms with E-state index in [9.17, 15) is 9.59 Å². The molecule has 1 aliphatic rings. The number of hydrogen-bond donors (Lipinski definition) is 1. The molecule has 4 aromatic rings. The number of carbonyl (C=O) groups is 1. The molecule has 1 N–H and O–H groups in total. The van der Waals surface area contributed by atoms with E-state index in [1.165, 1.54) is 15.1 Å². The Morgan fingerprint density at radius 2 is 2.26 bits per heavy atom. The van der Waals surface area contributed by atoms with Gasteiger partial charge in [-0.3, -0.25) is 4.79 Å². The van der Waals surface area contributed by atoms with Crippen molar-refractivity contribution in [3.63, 3.8) is 0 Å². The van der Waals surface area contributed by atoms with Gasteiger partial charge in [-0.05, 0) is 48.4 Å². The first kappa shape index (κ1) is 19.7. The lowest BCUT2D eigenvalue weighted by Gasteiger charge is -2.17. The molecule has 0 unspecified atom stereocenters. The summed E-state index contributed by atoms with van der Waals surface area (Å²) in [5, 5.41) is 3.81. The zero-order chi connectivity index (χ0) is 21.5. The molecule has 31 heavy (non-hydrogen) atoms. The van der Waals surface area contributed by atoms with Crippen LogP contribution >= 0.6 is 11.3 Å². The highest BCUT2D eigenvalue weighted by molar-refractivity contribution is 7.19. The van der Waals surface area contributed by atoms with E-state index in [0.717, 1.165) is 40.8 Å². The lowest BCUT2D eigenvalue weighted by Crippen LogP contribution is -2.32. The number of rotatable bonds is 5. The maximum absolute atomic E-state index is 12.6. The number of thiophene rings is 1. The van der Waals surface area contributed by atoms with Crippen molar-refractivity contribution in [1.82, 2.24) is 24.5 Å². The standard InChI is InChI=1S/C22H23N5O3S/c1-13-6-7-16-17(8-13)31-21-19(16)20-25-22(29)26(27(20)12-24-21)11-18(28)23-10-14-4-3-5-15(9-14)30-2/h3-5,9,12-13H,6-8,10-11H2,1-2H3,(H,23,28)/t13-/m1/s1. The second-order valence-corrected chi connectivity index (χ2v) is 9.11. The molecule has 5 rings (SSSR count). The number of benzene rings is 1. The molecule has 0 fully saturated rings. The zero-order valence-electron chi connectivity index (χ0n) is 17.4. The summed E-state index contributed by atoms with van der Waals surface area (Å²) in [4.78, 5) is 36.3. The molecule has 0 aliphatic heterocycles. The number of nitrogens with zero attached hydrogens (tertiary/aromatic N) is 4. The molecule has 1 amide bonds. The van der Waals surface area contributed by atoms with E-state index in [0.29, 0.717) is 18.1 Å². The number of hydrogen-bond acceptors (Lipinski definition) is 6. The predicted molar refractivity (Wildman–Crippen MR) is 119 cm³/mol. The molecular weight excluding hydrogens is 414 g/mol. The van der Waals surface area contributed by atoms with Gasteiger partial charge in [0.25, 0.3) is 0 Å². The van der Waals surface area contributed by atoms with Crippen LogP contribution in [-0.4, -0.2) is 32.2 Å². The average Bonchev–Trinajstić information content (AvgIpc) is 3.29. The van der Waals surface area contributed by atoms with E-state index in [1.54, 1.807) is 29.3 Å². The Labute approximate surface area is 182 Å². The molecule has 0 spiro atoms. The van der Waals surface area contributed by atoms with Gasteiger partial charge in [0.2, 0.25) is 5.91 Å². The van der Waals surface area contributed by atoms with Crippen molar-refractivity contribution in [2.24, 2.45) is 5.92 Å². The Morgan fingerprint density at radius 1 is 1.39 bits per heavy atom. The Hall–Kier alpha value is -3.20. The van der Waals surface area contributed by atoms with Crippen LogP contribution in [0.4, 0.5) is 0 Å². The molecule has 1 aromatic carbocycles. The highest BCUT2D eigenvalue weighted by Crippen LogP contribution is 2.38. The van der Waals surface area contributed by atoms with Crippen molar-refractivity contribution >= 4 is 33.1 Å². The molecule has 9 heteroatoms. The first-order valence-corrected chi connectivity index (χ1v) is 11.1. The van der Waals surface area contributed by atoms with Crippen LogP contribution in [0, 0.1) is 5.92 Å². The van der Waals surface area contributed by atoms with Crippen LogP contribution in [0.5, 0.6) is 5.75 Å². The molecule has 3 aromatic heterocycles. The minimum Gasteiger partial charge on any atom is -0.497 e. The van der Waals surface area contributed by atoms with Gasteiger partial charge < -0.3 is 10.1 Å². The summed E-state index contributed by atoms with van der Waals surface area (Å²) < 4.78 is 8.15. The number of methoxy groups -OCH3 is 1. The van der Waals surface area contributed by atoms with E-state index in [2.05, 4.69) is 22.2 Å². The van der Waals surface area contributed by atoms with Crippen molar-refractivity contribution in [2.75, 3.05) is 7.11 Å². The summed E-state index contributed by atoms with van der Waals surface area (Å²) in [5.74, 6) is 1.12. The predicted octanol–water partition coefficient (Wildman–Crippen LogP) is 2.56. The Morgan fingerprint density at radius 3 is 3.10 bits per heavy atom. The molecule has 1 aliphatic carbocycles. The molecule has 0 radical (unpaired) electrons. The van der Waals surface area contributed by atoms with Crippen molar-refractivity contribution < 1.29 is 9.53 Å². The van der Waals surface area contributed by atoms with Crippen molar-refractivity contribution in [1.29, 1.82) is 0 Å². The Balaban J connectivity index is 1.42. The minimum absolute atomic E-state index is 0.124. The lowest BCUT2D eigenvalue weighted by atomic mass is 9.89. The Kier molecular flexibility index (Phi) is 4.97. The van der Waals surface area contributed by atoms with Crippen LogP contribution < -0.4 is 15.7 Å². The smallest absolute Gasteiger partial charge is 0.365 e.